The van der Waals surface area contributed by atoms with Gasteiger partial charge in [-0.3, -0.25) is 0 Å². The number of para-hydroxylation sites is 1. The van der Waals surface area contributed by atoms with Gasteiger partial charge in [0.1, 0.15) is 11.2 Å². The molecule has 4 heterocycles. The highest BCUT2D eigenvalue weighted by molar-refractivity contribution is 7.26. The van der Waals surface area contributed by atoms with Gasteiger partial charge < -0.3 is 4.42 Å². The zero-order chi connectivity index (χ0) is 52.2. The molecule has 0 fully saturated rings. The van der Waals surface area contributed by atoms with E-state index in [0.29, 0.717) is 48.2 Å². The molecule has 0 N–H and O–H groups in total. The summed E-state index contributed by atoms with van der Waals surface area (Å²) in [7, 11) is 0. The lowest BCUT2D eigenvalue weighted by Gasteiger charge is -2.10. The van der Waals surface area contributed by atoms with E-state index in [-0.39, 0.29) is 73.8 Å². The van der Waals surface area contributed by atoms with Crippen LogP contribution < -0.4 is 0 Å². The van der Waals surface area contributed by atoms with Gasteiger partial charge in [0.2, 0.25) is 0 Å². The van der Waals surface area contributed by atoms with Crippen molar-refractivity contribution in [3.05, 3.63) is 176 Å². The minimum absolute atomic E-state index is 0.0693. The molecule has 6 heteroatoms. The molecule has 8 aromatic carbocycles. The summed E-state index contributed by atoms with van der Waals surface area (Å²) in [5, 5.41) is 3.19. The van der Waals surface area contributed by atoms with E-state index in [4.69, 9.17) is 26.3 Å². The fourth-order valence-electron chi connectivity index (χ4n) is 7.33. The predicted octanol–water partition coefficient (Wildman–Crippen LogP) is 14.8. The molecule has 266 valence electrons. The molecule has 0 aliphatic heterocycles. The molecule has 57 heavy (non-hydrogen) atoms. The first kappa shape index (κ1) is 19.7. The van der Waals surface area contributed by atoms with E-state index in [1.807, 2.05) is 60.7 Å². The Bertz CT molecular complexity index is 4400. The minimum atomic E-state index is -0.654. The molecule has 0 spiro atoms. The minimum Gasteiger partial charge on any atom is -0.456 e. The van der Waals surface area contributed by atoms with Gasteiger partial charge in [0, 0.05) is 73.4 Å². The fourth-order valence-corrected chi connectivity index (χ4v) is 9.66. The maximum atomic E-state index is 9.42. The molecule has 0 amide bonds. The number of hydrogen-bond donors (Lipinski definition) is 0. The SMILES string of the molecule is [2H]c1c([2H])c([2H])c(-c2nc(-c3c([2H])c([2H])c([2H])c([2H])c3[2H])nc(-c3cccc4c3sc3cc(-c5cc(-c6c([2H])c([2H])c([2H])c7c6sc6c([2H])c([2H])c([2H])c([2H])c67)c6c(c5)oc5ccccc56)ccc34)n2)c([2H])c1[2H]. The Hall–Kier alpha value is -6.99. The number of benzene rings is 8. The number of hydrogen-bond acceptors (Lipinski definition) is 6. The second kappa shape index (κ2) is 12.8. The van der Waals surface area contributed by atoms with Gasteiger partial charge in [-0.2, -0.15) is 0 Å². The molecule has 0 bridgehead atoms. The molecule has 12 rings (SSSR count). The summed E-state index contributed by atoms with van der Waals surface area (Å²) < 4.78 is 155. The lowest BCUT2D eigenvalue weighted by atomic mass is 9.93. The lowest BCUT2D eigenvalue weighted by Crippen LogP contribution is -2.00. The summed E-state index contributed by atoms with van der Waals surface area (Å²) in [6.07, 6.45) is 0. The van der Waals surface area contributed by atoms with Crippen molar-refractivity contribution in [1.82, 2.24) is 15.0 Å². The summed E-state index contributed by atoms with van der Waals surface area (Å²) in [6.45, 7) is 0. The Balaban J connectivity index is 1.09. The number of furan rings is 1. The molecule has 0 saturated carbocycles. The van der Waals surface area contributed by atoms with E-state index in [2.05, 4.69) is 15.0 Å². The summed E-state index contributed by atoms with van der Waals surface area (Å²) in [6, 6.07) is 13.4. The highest BCUT2D eigenvalue weighted by atomic mass is 32.1. The van der Waals surface area contributed by atoms with Crippen LogP contribution in [0.5, 0.6) is 0 Å². The molecule has 0 unspecified atom stereocenters. The topological polar surface area (TPSA) is 51.8 Å². The summed E-state index contributed by atoms with van der Waals surface area (Å²) in [5.74, 6) is -0.834. The van der Waals surface area contributed by atoms with Crippen molar-refractivity contribution in [2.24, 2.45) is 0 Å². The van der Waals surface area contributed by atoms with Gasteiger partial charge in [-0.15, -0.1) is 22.7 Å². The van der Waals surface area contributed by atoms with Gasteiger partial charge in [0.25, 0.3) is 0 Å². The zero-order valence-electron chi connectivity index (χ0n) is 46.0. The van der Waals surface area contributed by atoms with Gasteiger partial charge in [-0.05, 0) is 53.1 Å². The zero-order valence-corrected chi connectivity index (χ0v) is 30.6. The first-order valence-corrected chi connectivity index (χ1v) is 19.2. The maximum absolute atomic E-state index is 9.42. The highest BCUT2D eigenvalue weighted by Gasteiger charge is 2.20. The van der Waals surface area contributed by atoms with E-state index in [9.17, 15) is 1.37 Å². The Kier molecular flexibility index (Phi) is 4.43. The number of fused-ring (bicyclic) bond motifs is 9. The highest BCUT2D eigenvalue weighted by Crippen LogP contribution is 2.47. The number of thiophene rings is 2. The fraction of sp³-hybridized carbons (Fsp3) is 0. The third-order valence-corrected chi connectivity index (χ3v) is 12.2. The van der Waals surface area contributed by atoms with Crippen molar-refractivity contribution in [2.75, 3.05) is 0 Å². The Morgan fingerprint density at radius 3 is 1.91 bits per heavy atom. The molecule has 12 aromatic rings. The number of nitrogens with zero attached hydrogens (tertiary/aromatic N) is 3. The lowest BCUT2D eigenvalue weighted by molar-refractivity contribution is 0.669. The van der Waals surface area contributed by atoms with Crippen molar-refractivity contribution in [3.8, 4) is 56.4 Å². The van der Waals surface area contributed by atoms with E-state index in [1.54, 1.807) is 12.1 Å². The standard InChI is InChI=1S/C51H29N3OS2/c1-3-13-30(14-4-1)49-52-50(31-15-5-2-6-16-31)54-51(53-49)40-22-12-20-37-35-26-25-32(29-45(35)57-48(37)40)33-27-41(46-39-18-7-9-23-42(39)55-43(46)28-33)38-21-11-19-36-34-17-8-10-24-44(34)56-47(36)38/h1-29H/i1D,2D,3D,4D,5D,6D,8D,10D,11D,13D,14D,15D,16D,17D,19D,21D,24D. The molecule has 0 aliphatic carbocycles. The van der Waals surface area contributed by atoms with E-state index in [1.165, 1.54) is 11.3 Å². The van der Waals surface area contributed by atoms with E-state index < -0.39 is 78.6 Å². The van der Waals surface area contributed by atoms with Crippen LogP contribution in [0, 0.1) is 0 Å². The smallest absolute Gasteiger partial charge is 0.165 e. The molecular formula is C51H29N3OS2. The first-order chi connectivity index (χ1) is 35.3. The molecule has 0 aliphatic rings. The quantitative estimate of drug-likeness (QED) is 0.175. The average molecular weight is 781 g/mol. The molecule has 4 nitrogen and oxygen atoms in total. The van der Waals surface area contributed by atoms with Crippen molar-refractivity contribution in [2.45, 2.75) is 0 Å². The largest absolute Gasteiger partial charge is 0.456 e. The summed E-state index contributed by atoms with van der Waals surface area (Å²) in [4.78, 5) is 13.8. The number of aromatic nitrogens is 3. The molecule has 0 saturated heterocycles. The van der Waals surface area contributed by atoms with Crippen LogP contribution in [0.4, 0.5) is 0 Å². The summed E-state index contributed by atoms with van der Waals surface area (Å²) >= 11 is 2.41. The molecule has 4 aromatic heterocycles. The molecular weight excluding hydrogens is 735 g/mol. The molecule has 0 atom stereocenters. The van der Waals surface area contributed by atoms with Crippen LogP contribution in [0.15, 0.2) is 180 Å². The normalized spacial score (nSPS) is 16.0. The third-order valence-electron chi connectivity index (χ3n) is 9.84. The van der Waals surface area contributed by atoms with Gasteiger partial charge in [0.15, 0.2) is 17.5 Å². The van der Waals surface area contributed by atoms with Gasteiger partial charge in [0.05, 0.1) is 23.3 Å². The van der Waals surface area contributed by atoms with Gasteiger partial charge >= 0.3 is 0 Å². The average Bonchev–Trinajstić information content (AvgIpc) is 4.12. The Morgan fingerprint density at radius 2 is 1.09 bits per heavy atom. The third kappa shape index (κ3) is 5.22. The Labute approximate surface area is 358 Å². The van der Waals surface area contributed by atoms with Crippen molar-refractivity contribution >= 4 is 85.0 Å². The first-order valence-electron chi connectivity index (χ1n) is 26.0. The van der Waals surface area contributed by atoms with Crippen molar-refractivity contribution < 1.29 is 27.7 Å². The second-order valence-electron chi connectivity index (χ2n) is 13.1. The van der Waals surface area contributed by atoms with Crippen LogP contribution in [0.25, 0.3) is 119 Å². The number of rotatable bonds is 5. The van der Waals surface area contributed by atoms with Crippen LogP contribution in [0.1, 0.15) is 23.3 Å². The Morgan fingerprint density at radius 1 is 0.404 bits per heavy atom. The van der Waals surface area contributed by atoms with Gasteiger partial charge in [-0.25, -0.2) is 15.0 Å². The van der Waals surface area contributed by atoms with Crippen molar-refractivity contribution in [3.63, 3.8) is 0 Å². The van der Waals surface area contributed by atoms with Crippen LogP contribution in [-0.2, 0) is 0 Å². The van der Waals surface area contributed by atoms with Crippen LogP contribution in [0.2, 0.25) is 0 Å². The van der Waals surface area contributed by atoms with Gasteiger partial charge in [-0.1, -0.05) is 139 Å². The van der Waals surface area contributed by atoms with Crippen LogP contribution >= 0.6 is 22.7 Å². The molecule has 0 radical (unpaired) electrons. The predicted molar refractivity (Wildman–Crippen MR) is 240 cm³/mol. The van der Waals surface area contributed by atoms with Crippen molar-refractivity contribution in [1.29, 1.82) is 0 Å². The van der Waals surface area contributed by atoms with E-state index >= 15 is 0 Å². The van der Waals surface area contributed by atoms with E-state index in [0.717, 1.165) is 32.2 Å². The maximum Gasteiger partial charge on any atom is 0.165 e. The van der Waals surface area contributed by atoms with Crippen LogP contribution in [0.3, 0.4) is 0 Å². The second-order valence-corrected chi connectivity index (χ2v) is 15.1. The monoisotopic (exact) mass is 780 g/mol. The summed E-state index contributed by atoms with van der Waals surface area (Å²) in [5.41, 5.74) is 2.77. The van der Waals surface area contributed by atoms with Crippen LogP contribution in [-0.4, -0.2) is 15.0 Å².